The third-order valence-electron chi connectivity index (χ3n) is 3.59. The smallest absolute Gasteiger partial charge is 0.270 e. The highest BCUT2D eigenvalue weighted by Gasteiger charge is 2.30. The van der Waals surface area contributed by atoms with Crippen molar-refractivity contribution in [2.75, 3.05) is 13.1 Å². The second-order valence-electron chi connectivity index (χ2n) is 4.96. The number of likely N-dealkylation sites (tertiary alicyclic amines) is 1. The fourth-order valence-electron chi connectivity index (χ4n) is 2.33. The van der Waals surface area contributed by atoms with Gasteiger partial charge in [0.05, 0.1) is 16.6 Å². The Kier molecular flexibility index (Phi) is 4.39. The molecule has 1 fully saturated rings. The fraction of sp³-hybridized carbons (Fsp3) is 0.462. The van der Waals surface area contributed by atoms with E-state index >= 15 is 0 Å². The third kappa shape index (κ3) is 2.99. The lowest BCUT2D eigenvalue weighted by molar-refractivity contribution is -0.384. The van der Waals surface area contributed by atoms with Crippen LogP contribution < -0.4 is 0 Å². The van der Waals surface area contributed by atoms with Gasteiger partial charge in [-0.25, -0.2) is 0 Å². The number of carbonyl (C=O) groups is 1. The maximum absolute atomic E-state index is 12.4. The van der Waals surface area contributed by atoms with E-state index in [9.17, 15) is 20.0 Å². The van der Waals surface area contributed by atoms with Crippen molar-refractivity contribution in [3.05, 3.63) is 38.3 Å². The van der Waals surface area contributed by atoms with E-state index in [1.54, 1.807) is 11.8 Å². The molecule has 2 rings (SSSR count). The van der Waals surface area contributed by atoms with Crippen molar-refractivity contribution in [2.24, 2.45) is 5.92 Å². The Morgan fingerprint density at radius 2 is 2.30 bits per heavy atom. The molecule has 20 heavy (non-hydrogen) atoms. The molecule has 1 heterocycles. The van der Waals surface area contributed by atoms with Gasteiger partial charge in [0.2, 0.25) is 0 Å². The van der Waals surface area contributed by atoms with Gasteiger partial charge in [0, 0.05) is 35.6 Å². The van der Waals surface area contributed by atoms with Gasteiger partial charge in [-0.15, -0.1) is 0 Å². The van der Waals surface area contributed by atoms with E-state index in [0.717, 1.165) is 6.42 Å². The van der Waals surface area contributed by atoms with Crippen molar-refractivity contribution in [1.29, 1.82) is 0 Å². The molecule has 1 aromatic rings. The van der Waals surface area contributed by atoms with Gasteiger partial charge in [-0.2, -0.15) is 0 Å². The number of aliphatic hydroxyl groups is 1. The van der Waals surface area contributed by atoms with Crippen molar-refractivity contribution in [3.8, 4) is 0 Å². The highest BCUT2D eigenvalue weighted by Crippen LogP contribution is 2.27. The summed E-state index contributed by atoms with van der Waals surface area (Å²) in [4.78, 5) is 24.2. The third-order valence-corrected chi connectivity index (χ3v) is 4.24. The molecule has 0 aromatic heterocycles. The van der Waals surface area contributed by atoms with Gasteiger partial charge in [-0.05, 0) is 35.3 Å². The second-order valence-corrected chi connectivity index (χ2v) is 5.82. The first-order chi connectivity index (χ1) is 9.40. The number of aliphatic hydroxyl groups excluding tert-OH is 1. The summed E-state index contributed by atoms with van der Waals surface area (Å²) in [6.45, 7) is 2.83. The van der Waals surface area contributed by atoms with Crippen LogP contribution in [0.15, 0.2) is 22.7 Å². The molecule has 0 saturated carbocycles. The summed E-state index contributed by atoms with van der Waals surface area (Å²) in [5.41, 5.74) is 0.346. The Balaban J connectivity index is 2.16. The minimum absolute atomic E-state index is 0.0586. The van der Waals surface area contributed by atoms with Crippen LogP contribution in [0.1, 0.15) is 23.7 Å². The summed E-state index contributed by atoms with van der Waals surface area (Å²) >= 11 is 3.21. The molecule has 0 bridgehead atoms. The molecule has 1 N–H and O–H groups in total. The Bertz CT molecular complexity index is 547. The standard InChI is InChI=1S/C13H15BrN2O4/c1-8(17)9-4-5-15(7-9)13(18)11-3-2-10(16(19)20)6-12(11)14/h2-3,6,8-9,17H,4-5,7H2,1H3. The van der Waals surface area contributed by atoms with E-state index in [0.29, 0.717) is 23.1 Å². The molecule has 2 unspecified atom stereocenters. The number of nitrogens with zero attached hydrogens (tertiary/aromatic N) is 2. The van der Waals surface area contributed by atoms with E-state index in [-0.39, 0.29) is 17.5 Å². The van der Waals surface area contributed by atoms with Crippen molar-refractivity contribution < 1.29 is 14.8 Å². The number of halogens is 1. The lowest BCUT2D eigenvalue weighted by Crippen LogP contribution is -2.30. The minimum atomic E-state index is -0.502. The molecule has 0 aliphatic carbocycles. The number of nitro groups is 1. The molecule has 1 aliphatic heterocycles. The molecule has 1 aliphatic rings. The highest BCUT2D eigenvalue weighted by molar-refractivity contribution is 9.10. The zero-order valence-electron chi connectivity index (χ0n) is 11.0. The SMILES string of the molecule is CC(O)C1CCN(C(=O)c2ccc([N+](=O)[O-])cc2Br)C1. The number of carbonyl (C=O) groups excluding carboxylic acids is 1. The molecular formula is C13H15BrN2O4. The molecule has 6 nitrogen and oxygen atoms in total. The highest BCUT2D eigenvalue weighted by atomic mass is 79.9. The first kappa shape index (κ1) is 14.9. The summed E-state index contributed by atoms with van der Waals surface area (Å²) in [5, 5.41) is 20.2. The Hall–Kier alpha value is -1.47. The predicted octanol–water partition coefficient (Wildman–Crippen LogP) is 2.20. The van der Waals surface area contributed by atoms with Crippen LogP contribution in [0.5, 0.6) is 0 Å². The largest absolute Gasteiger partial charge is 0.393 e. The zero-order chi connectivity index (χ0) is 14.9. The fourth-order valence-corrected chi connectivity index (χ4v) is 2.86. The lowest BCUT2D eigenvalue weighted by Gasteiger charge is -2.18. The van der Waals surface area contributed by atoms with Gasteiger partial charge < -0.3 is 10.0 Å². The number of hydrogen-bond donors (Lipinski definition) is 1. The minimum Gasteiger partial charge on any atom is -0.393 e. The van der Waals surface area contributed by atoms with E-state index in [4.69, 9.17) is 0 Å². The van der Waals surface area contributed by atoms with E-state index in [2.05, 4.69) is 15.9 Å². The number of non-ortho nitro benzene ring substituents is 1. The maximum atomic E-state index is 12.4. The number of hydrogen-bond acceptors (Lipinski definition) is 4. The lowest BCUT2D eigenvalue weighted by atomic mass is 10.0. The van der Waals surface area contributed by atoms with Gasteiger partial charge in [0.25, 0.3) is 11.6 Å². The van der Waals surface area contributed by atoms with Crippen LogP contribution >= 0.6 is 15.9 Å². The molecule has 7 heteroatoms. The van der Waals surface area contributed by atoms with Crippen LogP contribution in [0.2, 0.25) is 0 Å². The van der Waals surface area contributed by atoms with Crippen LogP contribution in [-0.4, -0.2) is 40.0 Å². The molecule has 1 aromatic carbocycles. The molecule has 0 radical (unpaired) electrons. The number of benzene rings is 1. The predicted molar refractivity (Wildman–Crippen MR) is 76.5 cm³/mol. The average Bonchev–Trinajstić information content (AvgIpc) is 2.87. The van der Waals surface area contributed by atoms with Gasteiger partial charge in [-0.3, -0.25) is 14.9 Å². The van der Waals surface area contributed by atoms with Gasteiger partial charge in [0.1, 0.15) is 0 Å². The number of nitro benzene ring substituents is 1. The molecule has 1 amide bonds. The van der Waals surface area contributed by atoms with Crippen LogP contribution in [0, 0.1) is 16.0 Å². The monoisotopic (exact) mass is 342 g/mol. The normalized spacial score (nSPS) is 19.9. The van der Waals surface area contributed by atoms with E-state index in [1.165, 1.54) is 18.2 Å². The van der Waals surface area contributed by atoms with Gasteiger partial charge in [0.15, 0.2) is 0 Å². The first-order valence-electron chi connectivity index (χ1n) is 6.31. The summed E-state index contributed by atoms with van der Waals surface area (Å²) in [6, 6.07) is 4.11. The number of amides is 1. The topological polar surface area (TPSA) is 83.7 Å². The molecule has 2 atom stereocenters. The van der Waals surface area contributed by atoms with Crippen LogP contribution in [-0.2, 0) is 0 Å². The molecular weight excluding hydrogens is 328 g/mol. The van der Waals surface area contributed by atoms with Crippen LogP contribution in [0.25, 0.3) is 0 Å². The Morgan fingerprint density at radius 3 is 2.80 bits per heavy atom. The van der Waals surface area contributed by atoms with Crippen LogP contribution in [0.3, 0.4) is 0 Å². The zero-order valence-corrected chi connectivity index (χ0v) is 12.5. The van der Waals surface area contributed by atoms with Gasteiger partial charge in [-0.1, -0.05) is 0 Å². The number of rotatable bonds is 3. The molecule has 0 spiro atoms. The van der Waals surface area contributed by atoms with Crippen molar-refractivity contribution in [2.45, 2.75) is 19.4 Å². The first-order valence-corrected chi connectivity index (χ1v) is 7.10. The van der Waals surface area contributed by atoms with Crippen LogP contribution in [0.4, 0.5) is 5.69 Å². The quantitative estimate of drug-likeness (QED) is 0.674. The summed E-state index contributed by atoms with van der Waals surface area (Å²) in [7, 11) is 0. The van der Waals surface area contributed by atoms with E-state index < -0.39 is 11.0 Å². The summed E-state index contributed by atoms with van der Waals surface area (Å²) < 4.78 is 0.414. The Labute approximate surface area is 124 Å². The van der Waals surface area contributed by atoms with Crippen molar-refractivity contribution in [3.63, 3.8) is 0 Å². The van der Waals surface area contributed by atoms with Crippen molar-refractivity contribution in [1.82, 2.24) is 4.90 Å². The van der Waals surface area contributed by atoms with Crippen molar-refractivity contribution >= 4 is 27.5 Å². The second kappa shape index (κ2) is 5.88. The summed E-state index contributed by atoms with van der Waals surface area (Å²) in [5.74, 6) is -0.0781. The van der Waals surface area contributed by atoms with E-state index in [1.807, 2.05) is 0 Å². The molecule has 108 valence electrons. The van der Waals surface area contributed by atoms with Gasteiger partial charge >= 0.3 is 0 Å². The molecule has 1 saturated heterocycles. The average molecular weight is 343 g/mol. The maximum Gasteiger partial charge on any atom is 0.270 e. The Morgan fingerprint density at radius 1 is 1.60 bits per heavy atom. The summed E-state index contributed by atoms with van der Waals surface area (Å²) in [6.07, 6.45) is 0.335.